The third-order valence-electron chi connectivity index (χ3n) is 2.19. The maximum atomic E-state index is 11.1. The van der Waals surface area contributed by atoms with E-state index in [1.54, 1.807) is 0 Å². The van der Waals surface area contributed by atoms with Crippen molar-refractivity contribution in [3.63, 3.8) is 0 Å². The summed E-state index contributed by atoms with van der Waals surface area (Å²) in [5.41, 5.74) is 0.307. The number of carbonyl (C=O) groups excluding carboxylic acids is 1. The number of halogens is 1. The third kappa shape index (κ3) is 1.79. The quantitative estimate of drug-likeness (QED) is 0.794. The first-order valence-electron chi connectivity index (χ1n) is 4.48. The molecule has 0 fully saturated rings. The van der Waals surface area contributed by atoms with Crippen LogP contribution in [0.5, 0.6) is 11.5 Å². The van der Waals surface area contributed by atoms with Crippen molar-refractivity contribution in [3.8, 4) is 11.5 Å². The fourth-order valence-electron chi connectivity index (χ4n) is 1.39. The largest absolute Gasteiger partial charge is 0.467 e. The number of fused-ring (bicyclic) bond motifs is 1. The van der Waals surface area contributed by atoms with Crippen LogP contribution in [0, 0.1) is 0 Å². The molecular weight excluding hydrogens is 236 g/mol. The van der Waals surface area contributed by atoms with E-state index in [1.807, 2.05) is 0 Å². The summed E-state index contributed by atoms with van der Waals surface area (Å²) in [6.45, 7) is 0.0762. The molecule has 1 heterocycles. The molecule has 1 unspecified atom stereocenters. The highest BCUT2D eigenvalue weighted by atomic mass is 35.5. The van der Waals surface area contributed by atoms with Crippen LogP contribution in [0.15, 0.2) is 12.1 Å². The zero-order chi connectivity index (χ0) is 11.7. The predicted octanol–water partition coefficient (Wildman–Crippen LogP) is 1.28. The summed E-state index contributed by atoms with van der Waals surface area (Å²) < 4.78 is 14.6. The SMILES string of the molecule is COC(=O)C(O)c1cc(Cl)c2c(c1)OCO2. The molecule has 0 amide bonds. The number of rotatable bonds is 2. The van der Waals surface area contributed by atoms with Crippen LogP contribution in [0.4, 0.5) is 0 Å². The van der Waals surface area contributed by atoms with E-state index in [9.17, 15) is 9.90 Å². The van der Waals surface area contributed by atoms with Crippen LogP contribution in [0.1, 0.15) is 11.7 Å². The van der Waals surface area contributed by atoms with Gasteiger partial charge in [-0.15, -0.1) is 0 Å². The second-order valence-electron chi connectivity index (χ2n) is 3.16. The summed E-state index contributed by atoms with van der Waals surface area (Å²) >= 11 is 5.90. The van der Waals surface area contributed by atoms with Gasteiger partial charge in [-0.25, -0.2) is 4.79 Å². The number of hydrogen-bond donors (Lipinski definition) is 1. The van der Waals surface area contributed by atoms with Gasteiger partial charge in [-0.3, -0.25) is 0 Å². The fraction of sp³-hybridized carbons (Fsp3) is 0.300. The molecule has 0 aromatic heterocycles. The van der Waals surface area contributed by atoms with Gasteiger partial charge in [0.25, 0.3) is 0 Å². The second kappa shape index (κ2) is 4.19. The molecule has 1 aromatic rings. The lowest BCUT2D eigenvalue weighted by molar-refractivity contribution is -0.150. The van der Waals surface area contributed by atoms with E-state index < -0.39 is 12.1 Å². The van der Waals surface area contributed by atoms with Crippen molar-refractivity contribution in [1.82, 2.24) is 0 Å². The number of hydrogen-bond acceptors (Lipinski definition) is 5. The van der Waals surface area contributed by atoms with Gasteiger partial charge in [0.15, 0.2) is 17.6 Å². The smallest absolute Gasteiger partial charge is 0.339 e. The van der Waals surface area contributed by atoms with Gasteiger partial charge >= 0.3 is 5.97 Å². The maximum Gasteiger partial charge on any atom is 0.339 e. The van der Waals surface area contributed by atoms with Gasteiger partial charge < -0.3 is 19.3 Å². The maximum absolute atomic E-state index is 11.1. The molecule has 1 atom stereocenters. The molecule has 1 aliphatic rings. The van der Waals surface area contributed by atoms with Crippen LogP contribution >= 0.6 is 11.6 Å². The minimum Gasteiger partial charge on any atom is -0.467 e. The lowest BCUT2D eigenvalue weighted by Crippen LogP contribution is -2.13. The molecule has 2 rings (SSSR count). The van der Waals surface area contributed by atoms with Gasteiger partial charge in [-0.2, -0.15) is 0 Å². The lowest BCUT2D eigenvalue weighted by Gasteiger charge is -2.10. The van der Waals surface area contributed by atoms with Gasteiger partial charge in [0, 0.05) is 0 Å². The van der Waals surface area contributed by atoms with Gasteiger partial charge in [-0.05, 0) is 17.7 Å². The van der Waals surface area contributed by atoms with Gasteiger partial charge in [0.05, 0.1) is 12.1 Å². The summed E-state index contributed by atoms with van der Waals surface area (Å²) in [7, 11) is 1.19. The van der Waals surface area contributed by atoms with E-state index in [4.69, 9.17) is 21.1 Å². The molecule has 5 nitrogen and oxygen atoms in total. The summed E-state index contributed by atoms with van der Waals surface area (Å²) in [5.74, 6) is 0.0721. The number of ether oxygens (including phenoxy) is 3. The molecule has 0 saturated heterocycles. The molecule has 0 bridgehead atoms. The van der Waals surface area contributed by atoms with Crippen molar-refractivity contribution < 1.29 is 24.1 Å². The first kappa shape index (κ1) is 11.0. The number of esters is 1. The Morgan fingerprint density at radius 1 is 1.56 bits per heavy atom. The van der Waals surface area contributed by atoms with E-state index in [0.29, 0.717) is 17.1 Å². The van der Waals surface area contributed by atoms with E-state index in [2.05, 4.69) is 4.74 Å². The molecular formula is C10H9ClO5. The first-order valence-corrected chi connectivity index (χ1v) is 4.86. The third-order valence-corrected chi connectivity index (χ3v) is 2.47. The summed E-state index contributed by atoms with van der Waals surface area (Å²) in [6, 6.07) is 2.94. The lowest BCUT2D eigenvalue weighted by atomic mass is 10.1. The van der Waals surface area contributed by atoms with Crippen LogP contribution in [-0.2, 0) is 9.53 Å². The van der Waals surface area contributed by atoms with Crippen molar-refractivity contribution in [2.45, 2.75) is 6.10 Å². The van der Waals surface area contributed by atoms with Crippen molar-refractivity contribution in [2.24, 2.45) is 0 Å². The topological polar surface area (TPSA) is 65.0 Å². The Hall–Kier alpha value is -1.46. The molecule has 1 N–H and O–H groups in total. The van der Waals surface area contributed by atoms with Crippen LogP contribution in [0.25, 0.3) is 0 Å². The van der Waals surface area contributed by atoms with Crippen LogP contribution < -0.4 is 9.47 Å². The number of carbonyl (C=O) groups is 1. The zero-order valence-corrected chi connectivity index (χ0v) is 9.15. The average Bonchev–Trinajstić information content (AvgIpc) is 2.75. The Kier molecular flexibility index (Phi) is 2.89. The fourth-order valence-corrected chi connectivity index (χ4v) is 1.67. The van der Waals surface area contributed by atoms with Crippen molar-refractivity contribution in [2.75, 3.05) is 13.9 Å². The monoisotopic (exact) mass is 244 g/mol. The first-order chi connectivity index (χ1) is 7.63. The van der Waals surface area contributed by atoms with Crippen LogP contribution in [0.2, 0.25) is 5.02 Å². The summed E-state index contributed by atoms with van der Waals surface area (Å²) in [4.78, 5) is 11.1. The van der Waals surface area contributed by atoms with Crippen LogP contribution in [0.3, 0.4) is 0 Å². The standard InChI is InChI=1S/C10H9ClO5/c1-14-10(13)8(12)5-2-6(11)9-7(3-5)15-4-16-9/h2-3,8,12H,4H2,1H3. The van der Waals surface area contributed by atoms with E-state index in [0.717, 1.165) is 0 Å². The normalized spacial score (nSPS) is 14.7. The molecule has 1 aliphatic heterocycles. The Labute approximate surface area is 96.5 Å². The number of aliphatic hydroxyl groups excluding tert-OH is 1. The van der Waals surface area contributed by atoms with E-state index in [-0.39, 0.29) is 11.8 Å². The summed E-state index contributed by atoms with van der Waals surface area (Å²) in [5, 5.41) is 9.90. The molecule has 6 heteroatoms. The molecule has 86 valence electrons. The highest BCUT2D eigenvalue weighted by molar-refractivity contribution is 6.32. The second-order valence-corrected chi connectivity index (χ2v) is 3.57. The van der Waals surface area contributed by atoms with Gasteiger partial charge in [0.1, 0.15) is 0 Å². The van der Waals surface area contributed by atoms with Gasteiger partial charge in [-0.1, -0.05) is 11.6 Å². The molecule has 0 aliphatic carbocycles. The highest BCUT2D eigenvalue weighted by Crippen LogP contribution is 2.41. The zero-order valence-electron chi connectivity index (χ0n) is 8.40. The minimum atomic E-state index is -1.38. The Bertz CT molecular complexity index is 431. The molecule has 0 spiro atoms. The molecule has 0 radical (unpaired) electrons. The number of aliphatic hydroxyl groups is 1. The van der Waals surface area contributed by atoms with Crippen molar-refractivity contribution in [1.29, 1.82) is 0 Å². The Morgan fingerprint density at radius 2 is 2.31 bits per heavy atom. The predicted molar refractivity (Wildman–Crippen MR) is 54.6 cm³/mol. The molecule has 1 aromatic carbocycles. The summed E-state index contributed by atoms with van der Waals surface area (Å²) in [6.07, 6.45) is -1.38. The van der Waals surface area contributed by atoms with Crippen molar-refractivity contribution in [3.05, 3.63) is 22.7 Å². The Balaban J connectivity index is 2.36. The highest BCUT2D eigenvalue weighted by Gasteiger charge is 2.24. The average molecular weight is 245 g/mol. The number of methoxy groups -OCH3 is 1. The Morgan fingerprint density at radius 3 is 3.00 bits per heavy atom. The minimum absolute atomic E-state index is 0.0762. The molecule has 0 saturated carbocycles. The van der Waals surface area contributed by atoms with E-state index >= 15 is 0 Å². The van der Waals surface area contributed by atoms with Crippen LogP contribution in [-0.4, -0.2) is 25.0 Å². The van der Waals surface area contributed by atoms with Gasteiger partial charge in [0.2, 0.25) is 6.79 Å². The van der Waals surface area contributed by atoms with Crippen molar-refractivity contribution >= 4 is 17.6 Å². The number of benzene rings is 1. The molecule has 16 heavy (non-hydrogen) atoms. The van der Waals surface area contributed by atoms with E-state index in [1.165, 1.54) is 19.2 Å².